The minimum absolute atomic E-state index is 0.00805. The number of amides is 1. The first-order valence-electron chi connectivity index (χ1n) is 12.0. The van der Waals surface area contributed by atoms with Crippen molar-refractivity contribution in [3.8, 4) is 11.5 Å². The number of carbonyl (C=O) groups is 2. The third kappa shape index (κ3) is 7.40. The zero-order valence-corrected chi connectivity index (χ0v) is 23.7. The van der Waals surface area contributed by atoms with E-state index in [1.165, 1.54) is 26.4 Å². The molecule has 1 aliphatic heterocycles. The Bertz CT molecular complexity index is 1630. The van der Waals surface area contributed by atoms with Crippen molar-refractivity contribution in [2.45, 2.75) is 30.1 Å². The molecular formula is C26H26ClF3N4O7S. The SMILES string of the molecule is COc1cc2cc(S(=O)(=O)N[C@H]3CCN(Cc4cccc(C(=N)N)c4)C3=O)ccc2c(Cl)c1OC.O=C(O)C(F)(F)F. The van der Waals surface area contributed by atoms with E-state index in [1.807, 2.05) is 6.07 Å². The lowest BCUT2D eigenvalue weighted by Gasteiger charge is -2.18. The number of carboxylic acid groups (broad SMARTS) is 1. The van der Waals surface area contributed by atoms with Crippen LogP contribution in [0.5, 0.6) is 11.5 Å². The predicted octanol–water partition coefficient (Wildman–Crippen LogP) is 3.51. The fraction of sp³-hybridized carbons (Fsp3) is 0.269. The maximum atomic E-state index is 13.1. The minimum atomic E-state index is -5.08. The zero-order valence-electron chi connectivity index (χ0n) is 22.2. The fourth-order valence-corrected chi connectivity index (χ4v) is 5.73. The Morgan fingerprint density at radius 3 is 2.43 bits per heavy atom. The van der Waals surface area contributed by atoms with Crippen LogP contribution >= 0.6 is 11.6 Å². The van der Waals surface area contributed by atoms with E-state index in [1.54, 1.807) is 35.2 Å². The first-order chi connectivity index (χ1) is 19.6. The molecule has 42 heavy (non-hydrogen) atoms. The molecule has 226 valence electrons. The Kier molecular flexibility index (Phi) is 9.91. The van der Waals surface area contributed by atoms with Crippen molar-refractivity contribution in [1.82, 2.24) is 9.62 Å². The van der Waals surface area contributed by atoms with Crippen LogP contribution in [0.25, 0.3) is 10.8 Å². The van der Waals surface area contributed by atoms with Crippen molar-refractivity contribution in [3.63, 3.8) is 0 Å². The number of halogens is 4. The molecule has 0 spiro atoms. The molecule has 1 heterocycles. The van der Waals surface area contributed by atoms with Gasteiger partial charge in [-0.1, -0.05) is 35.9 Å². The van der Waals surface area contributed by atoms with Gasteiger partial charge in [0.15, 0.2) is 11.5 Å². The summed E-state index contributed by atoms with van der Waals surface area (Å²) in [4.78, 5) is 23.4. The highest BCUT2D eigenvalue weighted by atomic mass is 35.5. The number of aliphatic carboxylic acids is 1. The van der Waals surface area contributed by atoms with Gasteiger partial charge in [0.2, 0.25) is 15.9 Å². The molecule has 4 rings (SSSR count). The number of nitrogens with two attached hydrogens (primary N) is 1. The Morgan fingerprint density at radius 2 is 1.86 bits per heavy atom. The topological polar surface area (TPSA) is 172 Å². The maximum Gasteiger partial charge on any atom is 0.490 e. The average molecular weight is 631 g/mol. The molecule has 1 amide bonds. The van der Waals surface area contributed by atoms with E-state index in [0.717, 1.165) is 5.56 Å². The van der Waals surface area contributed by atoms with Crippen LogP contribution in [-0.4, -0.2) is 69.1 Å². The molecule has 11 nitrogen and oxygen atoms in total. The number of likely N-dealkylation sites (tertiary alicyclic amines) is 1. The van der Waals surface area contributed by atoms with E-state index in [9.17, 15) is 26.4 Å². The van der Waals surface area contributed by atoms with Gasteiger partial charge in [0, 0.05) is 24.0 Å². The number of hydrogen-bond acceptors (Lipinski definition) is 7. The second-order valence-corrected chi connectivity index (χ2v) is 11.0. The summed E-state index contributed by atoms with van der Waals surface area (Å²) in [5, 5.41) is 16.2. The van der Waals surface area contributed by atoms with Crippen molar-refractivity contribution in [2.75, 3.05) is 20.8 Å². The molecule has 3 aromatic carbocycles. The number of fused-ring (bicyclic) bond motifs is 1. The number of alkyl halides is 3. The lowest BCUT2D eigenvalue weighted by Crippen LogP contribution is -2.41. The van der Waals surface area contributed by atoms with Crippen molar-refractivity contribution >= 4 is 50.1 Å². The van der Waals surface area contributed by atoms with Gasteiger partial charge in [-0.25, -0.2) is 13.2 Å². The number of carbonyl (C=O) groups excluding carboxylic acids is 1. The molecule has 0 bridgehead atoms. The van der Waals surface area contributed by atoms with Crippen molar-refractivity contribution in [3.05, 3.63) is 64.7 Å². The van der Waals surface area contributed by atoms with E-state index in [0.29, 0.717) is 52.4 Å². The van der Waals surface area contributed by atoms with Gasteiger partial charge in [-0.05, 0) is 41.6 Å². The normalized spacial score (nSPS) is 15.2. The Balaban J connectivity index is 0.000000616. The smallest absolute Gasteiger partial charge is 0.490 e. The summed E-state index contributed by atoms with van der Waals surface area (Å²) in [6.07, 6.45) is -4.74. The third-order valence-electron chi connectivity index (χ3n) is 6.15. The van der Waals surface area contributed by atoms with Gasteiger partial charge in [-0.2, -0.15) is 17.9 Å². The molecule has 3 aromatic rings. The summed E-state index contributed by atoms with van der Waals surface area (Å²) in [5.74, 6) is -2.38. The summed E-state index contributed by atoms with van der Waals surface area (Å²) < 4.78 is 71.1. The van der Waals surface area contributed by atoms with E-state index >= 15 is 0 Å². The highest BCUT2D eigenvalue weighted by Crippen LogP contribution is 2.41. The largest absolute Gasteiger partial charge is 0.493 e. The first kappa shape index (κ1) is 32.4. The monoisotopic (exact) mass is 630 g/mol. The number of sulfonamides is 1. The van der Waals surface area contributed by atoms with Crippen molar-refractivity contribution in [1.29, 1.82) is 5.41 Å². The van der Waals surface area contributed by atoms with Gasteiger partial charge in [-0.15, -0.1) is 0 Å². The quantitative estimate of drug-likeness (QED) is 0.216. The molecule has 1 aliphatic rings. The molecule has 1 fully saturated rings. The summed E-state index contributed by atoms with van der Waals surface area (Å²) in [7, 11) is -1.05. The standard InChI is InChI=1S/C24H25ClN4O5S.C2HF3O2/c1-33-20-12-16-11-17(6-7-18(16)21(25)22(20)34-2)35(31,32)28-19-8-9-29(24(19)30)13-14-4-3-5-15(10-14)23(26)27;3-2(4,5)1(6)7/h3-7,10-12,19,28H,8-9,13H2,1-2H3,(H3,26,27);(H,6,7)/t19-;/m0./s1. The Hall–Kier alpha value is -4.08. The molecular weight excluding hydrogens is 605 g/mol. The van der Waals surface area contributed by atoms with Gasteiger partial charge >= 0.3 is 12.1 Å². The molecule has 1 atom stereocenters. The number of nitrogens with zero attached hydrogens (tertiary/aromatic N) is 1. The lowest BCUT2D eigenvalue weighted by atomic mass is 10.1. The summed E-state index contributed by atoms with van der Waals surface area (Å²) in [6.45, 7) is 0.703. The number of benzene rings is 3. The second kappa shape index (κ2) is 12.8. The average Bonchev–Trinajstić information content (AvgIpc) is 3.25. The molecule has 0 aliphatic carbocycles. The third-order valence-corrected chi connectivity index (χ3v) is 8.00. The Labute approximate surface area is 243 Å². The number of nitrogen functional groups attached to an aromatic ring is 1. The first-order valence-corrected chi connectivity index (χ1v) is 13.8. The number of amidine groups is 1. The van der Waals surface area contributed by atoms with E-state index in [2.05, 4.69) is 4.72 Å². The van der Waals surface area contributed by atoms with Crippen LogP contribution in [0.4, 0.5) is 13.2 Å². The second-order valence-electron chi connectivity index (χ2n) is 8.95. The molecule has 0 saturated carbocycles. The van der Waals surface area contributed by atoms with E-state index < -0.39 is 28.2 Å². The van der Waals surface area contributed by atoms with Gasteiger partial charge in [0.25, 0.3) is 0 Å². The van der Waals surface area contributed by atoms with Gasteiger partial charge < -0.3 is 25.2 Å². The van der Waals surface area contributed by atoms with Gasteiger partial charge in [0.05, 0.1) is 24.1 Å². The predicted molar refractivity (Wildman–Crippen MR) is 147 cm³/mol. The van der Waals surface area contributed by atoms with Crippen LogP contribution in [0.15, 0.2) is 53.4 Å². The maximum absolute atomic E-state index is 13.1. The van der Waals surface area contributed by atoms with Gasteiger partial charge in [0.1, 0.15) is 11.9 Å². The lowest BCUT2D eigenvalue weighted by molar-refractivity contribution is -0.192. The fourth-order valence-electron chi connectivity index (χ4n) is 4.12. The van der Waals surface area contributed by atoms with E-state index in [4.69, 9.17) is 42.1 Å². The van der Waals surface area contributed by atoms with Crippen molar-refractivity contribution < 1.29 is 45.8 Å². The summed E-state index contributed by atoms with van der Waals surface area (Å²) >= 11 is 6.42. The number of carboxylic acids is 1. The van der Waals surface area contributed by atoms with Crippen LogP contribution in [-0.2, 0) is 26.2 Å². The molecule has 16 heteroatoms. The molecule has 0 radical (unpaired) electrons. The van der Waals surface area contributed by atoms with Crippen LogP contribution < -0.4 is 19.9 Å². The number of methoxy groups -OCH3 is 2. The number of hydrogen-bond donors (Lipinski definition) is 4. The van der Waals surface area contributed by atoms with Crippen LogP contribution in [0, 0.1) is 5.41 Å². The molecule has 1 saturated heterocycles. The highest BCUT2D eigenvalue weighted by molar-refractivity contribution is 7.89. The molecule has 5 N–H and O–H groups in total. The van der Waals surface area contributed by atoms with Crippen molar-refractivity contribution in [2.24, 2.45) is 5.73 Å². The molecule has 0 aromatic heterocycles. The Morgan fingerprint density at radius 1 is 1.19 bits per heavy atom. The molecule has 0 unspecified atom stereocenters. The minimum Gasteiger partial charge on any atom is -0.493 e. The number of ether oxygens (including phenoxy) is 2. The zero-order chi connectivity index (χ0) is 31.4. The number of rotatable bonds is 8. The number of nitrogens with one attached hydrogen (secondary N) is 2. The van der Waals surface area contributed by atoms with Crippen LogP contribution in [0.1, 0.15) is 17.5 Å². The van der Waals surface area contributed by atoms with Gasteiger partial charge in [-0.3, -0.25) is 10.2 Å². The van der Waals surface area contributed by atoms with E-state index in [-0.39, 0.29) is 16.6 Å². The highest BCUT2D eigenvalue weighted by Gasteiger charge is 2.38. The summed E-state index contributed by atoms with van der Waals surface area (Å²) in [6, 6.07) is 12.4. The van der Waals surface area contributed by atoms with Crippen LogP contribution in [0.3, 0.4) is 0 Å². The summed E-state index contributed by atoms with van der Waals surface area (Å²) in [5.41, 5.74) is 6.92. The van der Waals surface area contributed by atoms with Crippen LogP contribution in [0.2, 0.25) is 5.02 Å².